The molecule has 0 saturated carbocycles. The minimum atomic E-state index is -1.41. The number of halogens is 1. The van der Waals surface area contributed by atoms with Gasteiger partial charge in [0.2, 0.25) is 5.90 Å². The Morgan fingerprint density at radius 2 is 1.48 bits per heavy atom. The maximum Gasteiger partial charge on any atom is 0.252 e. The summed E-state index contributed by atoms with van der Waals surface area (Å²) in [5, 5.41) is 12.1. The minimum Gasteiger partial charge on any atom is -0.494 e. The number of hydrogen-bond acceptors (Lipinski definition) is 5. The Balaban J connectivity index is 1.39. The average molecular weight is 641 g/mol. The fraction of sp³-hybridized carbons (Fsp3) is 0.171. The lowest BCUT2D eigenvalue weighted by molar-refractivity contribution is -0.129. The molecular weight excluding hydrogens is 603 g/mol. The second-order valence-corrected chi connectivity index (χ2v) is 11.6. The third-order valence-electron chi connectivity index (χ3n) is 8.29. The molecule has 2 N–H and O–H groups in total. The number of hydrogen-bond donors (Lipinski definition) is 2. The molecule has 0 spiro atoms. The highest BCUT2D eigenvalue weighted by molar-refractivity contribution is 6.01. The Labute approximate surface area is 280 Å². The van der Waals surface area contributed by atoms with E-state index in [0.29, 0.717) is 35.8 Å². The van der Waals surface area contributed by atoms with Crippen molar-refractivity contribution in [1.29, 1.82) is 0 Å². The van der Waals surface area contributed by atoms with E-state index in [-0.39, 0.29) is 25.5 Å². The Morgan fingerprint density at radius 3 is 2.19 bits per heavy atom. The summed E-state index contributed by atoms with van der Waals surface area (Å²) in [4.78, 5) is 19.5. The van der Waals surface area contributed by atoms with E-state index in [9.17, 15) is 9.18 Å². The molecule has 0 radical (unpaired) electrons. The molecule has 6 nitrogen and oxygen atoms in total. The smallest absolute Gasteiger partial charge is 0.252 e. The van der Waals surface area contributed by atoms with Crippen LogP contribution in [0.5, 0.6) is 5.75 Å². The van der Waals surface area contributed by atoms with Gasteiger partial charge in [0.15, 0.2) is 11.6 Å². The maximum absolute atomic E-state index is 14.6. The monoisotopic (exact) mass is 640 g/mol. The lowest BCUT2D eigenvalue weighted by Crippen LogP contribution is -2.47. The second-order valence-electron chi connectivity index (χ2n) is 11.6. The van der Waals surface area contributed by atoms with E-state index in [1.54, 1.807) is 18.2 Å². The van der Waals surface area contributed by atoms with E-state index in [1.165, 1.54) is 6.07 Å². The Morgan fingerprint density at radius 1 is 0.833 bits per heavy atom. The number of ether oxygens (including phenoxy) is 2. The van der Waals surface area contributed by atoms with Gasteiger partial charge in [0.05, 0.1) is 6.61 Å². The molecule has 5 aromatic rings. The topological polar surface area (TPSA) is 80.2 Å². The molecule has 0 bridgehead atoms. The molecular formula is C41H37FN2O4. The van der Waals surface area contributed by atoms with Crippen molar-refractivity contribution in [3.8, 4) is 16.9 Å². The van der Waals surface area contributed by atoms with Gasteiger partial charge >= 0.3 is 0 Å². The van der Waals surface area contributed by atoms with Crippen LogP contribution in [0.25, 0.3) is 17.2 Å². The van der Waals surface area contributed by atoms with Gasteiger partial charge in [0, 0.05) is 37.1 Å². The van der Waals surface area contributed by atoms with Gasteiger partial charge in [-0.15, -0.1) is 0 Å². The SMILES string of the molecule is O=C(NCc1ccccc1F)[C@]1(C/C=C/c2ccccc2)N=C(c2ccc(OCCCO)cc2)O[C@@H]1c1ccc(-c2ccccc2)cc1. The number of aliphatic hydroxyl groups excluding tert-OH is 1. The molecule has 6 rings (SSSR count). The van der Waals surface area contributed by atoms with Crippen LogP contribution < -0.4 is 10.1 Å². The zero-order chi connectivity index (χ0) is 33.2. The summed E-state index contributed by atoms with van der Waals surface area (Å²) >= 11 is 0. The van der Waals surface area contributed by atoms with Crippen LogP contribution >= 0.6 is 0 Å². The zero-order valence-electron chi connectivity index (χ0n) is 26.5. The number of amides is 1. The number of nitrogens with zero attached hydrogens (tertiary/aromatic N) is 1. The molecule has 7 heteroatoms. The van der Waals surface area contributed by atoms with Crippen molar-refractivity contribution in [2.24, 2.45) is 4.99 Å². The van der Waals surface area contributed by atoms with Crippen molar-refractivity contribution in [3.05, 3.63) is 168 Å². The number of benzene rings is 5. The van der Waals surface area contributed by atoms with Crippen LogP contribution in [0.3, 0.4) is 0 Å². The molecule has 5 aromatic carbocycles. The van der Waals surface area contributed by atoms with Crippen LogP contribution in [0.2, 0.25) is 0 Å². The van der Waals surface area contributed by atoms with Gasteiger partial charge in [-0.25, -0.2) is 9.38 Å². The first-order valence-corrected chi connectivity index (χ1v) is 16.0. The summed E-state index contributed by atoms with van der Waals surface area (Å²) in [6, 6.07) is 41.6. The highest BCUT2D eigenvalue weighted by Crippen LogP contribution is 2.43. The molecule has 2 atom stereocenters. The van der Waals surface area contributed by atoms with Gasteiger partial charge in [-0.05, 0) is 52.6 Å². The number of aliphatic hydroxyl groups is 1. The number of aliphatic imine (C=N–C) groups is 1. The predicted molar refractivity (Wildman–Crippen MR) is 187 cm³/mol. The summed E-state index contributed by atoms with van der Waals surface area (Å²) in [5.74, 6) is 0.207. The highest BCUT2D eigenvalue weighted by Gasteiger charge is 2.52. The van der Waals surface area contributed by atoms with Crippen molar-refractivity contribution < 1.29 is 23.8 Å². The minimum absolute atomic E-state index is 0.0000500. The van der Waals surface area contributed by atoms with E-state index < -0.39 is 17.5 Å². The molecule has 242 valence electrons. The Bertz CT molecular complexity index is 1860. The quantitative estimate of drug-likeness (QED) is 0.128. The zero-order valence-corrected chi connectivity index (χ0v) is 26.5. The van der Waals surface area contributed by atoms with Gasteiger partial charge in [0.25, 0.3) is 5.91 Å². The summed E-state index contributed by atoms with van der Waals surface area (Å²) in [5.41, 5.74) is 3.55. The van der Waals surface area contributed by atoms with Crippen molar-refractivity contribution in [2.75, 3.05) is 13.2 Å². The van der Waals surface area contributed by atoms with Crippen LogP contribution in [-0.4, -0.2) is 35.7 Å². The molecule has 0 saturated heterocycles. The number of rotatable bonds is 13. The number of nitrogens with one attached hydrogen (secondary N) is 1. The van der Waals surface area contributed by atoms with Crippen molar-refractivity contribution >= 4 is 17.9 Å². The fourth-order valence-corrected chi connectivity index (χ4v) is 5.71. The molecule has 0 unspecified atom stereocenters. The molecule has 48 heavy (non-hydrogen) atoms. The predicted octanol–water partition coefficient (Wildman–Crippen LogP) is 7.93. The first-order chi connectivity index (χ1) is 23.6. The summed E-state index contributed by atoms with van der Waals surface area (Å²) in [6.07, 6.45) is 3.88. The van der Waals surface area contributed by atoms with Gasteiger partial charge in [-0.2, -0.15) is 0 Å². The van der Waals surface area contributed by atoms with Gasteiger partial charge < -0.3 is 19.9 Å². The standard InChI is InChI=1S/C41H37FN2O4/c42-37-17-8-7-16-35(37)29-43-40(46)41(26-9-13-30-11-3-1-4-12-30)38(33-20-18-32(19-21-33)31-14-5-2-6-15-31)48-39(44-41)34-22-24-36(25-23-34)47-28-10-27-45/h1-9,11-25,38,45H,10,26-29H2,(H,43,46)/b13-9+/t38-,41-/m1/s1. The summed E-state index contributed by atoms with van der Waals surface area (Å²) < 4.78 is 27.0. The van der Waals surface area contributed by atoms with Crippen LogP contribution in [0.4, 0.5) is 4.39 Å². The highest BCUT2D eigenvalue weighted by atomic mass is 19.1. The largest absolute Gasteiger partial charge is 0.494 e. The molecule has 1 amide bonds. The van der Waals surface area contributed by atoms with Crippen molar-refractivity contribution in [2.45, 2.75) is 31.0 Å². The number of carbonyl (C=O) groups excluding carboxylic acids is 1. The van der Waals surface area contributed by atoms with Crippen LogP contribution in [0.1, 0.15) is 41.2 Å². The van der Waals surface area contributed by atoms with E-state index in [0.717, 1.165) is 22.3 Å². The lowest BCUT2D eigenvalue weighted by Gasteiger charge is -2.30. The van der Waals surface area contributed by atoms with Gasteiger partial charge in [0.1, 0.15) is 11.6 Å². The van der Waals surface area contributed by atoms with E-state index >= 15 is 0 Å². The lowest BCUT2D eigenvalue weighted by atomic mass is 9.83. The van der Waals surface area contributed by atoms with Crippen molar-refractivity contribution in [1.82, 2.24) is 5.32 Å². The van der Waals surface area contributed by atoms with E-state index in [1.807, 2.05) is 121 Å². The van der Waals surface area contributed by atoms with Crippen LogP contribution in [0.15, 0.2) is 145 Å². The van der Waals surface area contributed by atoms with Crippen LogP contribution in [0, 0.1) is 5.82 Å². The molecule has 1 aliphatic heterocycles. The first-order valence-electron chi connectivity index (χ1n) is 16.0. The van der Waals surface area contributed by atoms with E-state index in [4.69, 9.17) is 19.6 Å². The maximum atomic E-state index is 14.6. The third-order valence-corrected chi connectivity index (χ3v) is 8.29. The Hall–Kier alpha value is -5.53. The summed E-state index contributed by atoms with van der Waals surface area (Å²) in [6.45, 7) is 0.448. The molecule has 0 fully saturated rings. The molecule has 0 aromatic heterocycles. The molecule has 1 heterocycles. The third kappa shape index (κ3) is 7.54. The Kier molecular flexibility index (Phi) is 10.4. The first kappa shape index (κ1) is 32.4. The normalized spacial score (nSPS) is 17.1. The second kappa shape index (κ2) is 15.4. The summed E-state index contributed by atoms with van der Waals surface area (Å²) in [7, 11) is 0. The number of carbonyl (C=O) groups is 1. The fourth-order valence-electron chi connectivity index (χ4n) is 5.71. The van der Waals surface area contributed by atoms with Gasteiger partial charge in [-0.1, -0.05) is 115 Å². The van der Waals surface area contributed by atoms with Gasteiger partial charge in [-0.3, -0.25) is 4.79 Å². The van der Waals surface area contributed by atoms with Crippen LogP contribution in [-0.2, 0) is 16.1 Å². The molecule has 1 aliphatic rings. The van der Waals surface area contributed by atoms with Crippen molar-refractivity contribution in [3.63, 3.8) is 0 Å². The average Bonchev–Trinajstić information content (AvgIpc) is 3.53. The molecule has 0 aliphatic carbocycles. The van der Waals surface area contributed by atoms with E-state index in [2.05, 4.69) is 5.32 Å².